The molecule has 3 aromatic carbocycles. The molecule has 0 amide bonds. The molecule has 2 nitrogen and oxygen atoms in total. The maximum atomic E-state index is 14.6. The summed E-state index contributed by atoms with van der Waals surface area (Å²) in [5.74, 6) is -2.71. The Bertz CT molecular complexity index is 966. The molecule has 0 saturated heterocycles. The highest BCUT2D eigenvalue weighted by molar-refractivity contribution is 5.84. The lowest BCUT2D eigenvalue weighted by atomic mass is 9.94. The van der Waals surface area contributed by atoms with Crippen molar-refractivity contribution in [1.82, 2.24) is 0 Å². The van der Waals surface area contributed by atoms with Crippen LogP contribution in [0.5, 0.6) is 11.5 Å². The third-order valence-corrected chi connectivity index (χ3v) is 3.96. The highest BCUT2D eigenvalue weighted by atomic mass is 19.4. The van der Waals surface area contributed by atoms with E-state index in [9.17, 15) is 22.0 Å². The molecule has 0 radical (unpaired) electrons. The van der Waals surface area contributed by atoms with E-state index in [2.05, 4.69) is 4.74 Å². The van der Waals surface area contributed by atoms with Crippen molar-refractivity contribution in [3.8, 4) is 33.8 Å². The number of rotatable bonds is 5. The maximum Gasteiger partial charge on any atom is 0.573 e. The van der Waals surface area contributed by atoms with Crippen LogP contribution in [0.1, 0.15) is 6.92 Å². The molecule has 0 heterocycles. The fraction of sp³-hybridized carbons (Fsp3) is 0.143. The molecule has 0 fully saturated rings. The maximum absolute atomic E-state index is 14.6. The van der Waals surface area contributed by atoms with Crippen molar-refractivity contribution < 1.29 is 31.4 Å². The third kappa shape index (κ3) is 4.24. The summed E-state index contributed by atoms with van der Waals surface area (Å²) in [7, 11) is 0. The van der Waals surface area contributed by atoms with Gasteiger partial charge in [0.15, 0.2) is 11.6 Å². The Kier molecular flexibility index (Phi) is 5.53. The minimum Gasteiger partial charge on any atom is -0.491 e. The minimum absolute atomic E-state index is 0.0205. The summed E-state index contributed by atoms with van der Waals surface area (Å²) in [6.07, 6.45) is -4.79. The summed E-state index contributed by atoms with van der Waals surface area (Å²) in [5, 5.41) is 0. The average molecular weight is 394 g/mol. The van der Waals surface area contributed by atoms with E-state index in [1.54, 1.807) is 31.2 Å². The van der Waals surface area contributed by atoms with E-state index in [0.29, 0.717) is 16.7 Å². The fourth-order valence-corrected chi connectivity index (χ4v) is 2.81. The second-order valence-electron chi connectivity index (χ2n) is 5.79. The van der Waals surface area contributed by atoms with Gasteiger partial charge in [0.2, 0.25) is 5.82 Å². The van der Waals surface area contributed by atoms with Crippen molar-refractivity contribution in [2.75, 3.05) is 6.61 Å². The number of benzene rings is 3. The van der Waals surface area contributed by atoms with Crippen LogP contribution >= 0.6 is 0 Å². The molecule has 3 aromatic rings. The topological polar surface area (TPSA) is 18.5 Å². The molecule has 28 heavy (non-hydrogen) atoms. The highest BCUT2D eigenvalue weighted by Gasteiger charge is 2.31. The zero-order valence-corrected chi connectivity index (χ0v) is 14.7. The lowest BCUT2D eigenvalue weighted by Crippen LogP contribution is -2.16. The van der Waals surface area contributed by atoms with Gasteiger partial charge in [-0.25, -0.2) is 4.39 Å². The lowest BCUT2D eigenvalue weighted by Gasteiger charge is -2.14. The predicted octanol–water partition coefficient (Wildman–Crippen LogP) is 6.60. The van der Waals surface area contributed by atoms with Crippen molar-refractivity contribution in [2.24, 2.45) is 0 Å². The quantitative estimate of drug-likeness (QED) is 0.454. The van der Waals surface area contributed by atoms with Crippen molar-refractivity contribution in [2.45, 2.75) is 13.3 Å². The predicted molar refractivity (Wildman–Crippen MR) is 95.1 cm³/mol. The summed E-state index contributed by atoms with van der Waals surface area (Å²) < 4.78 is 74.7. The molecular formula is C21H15F5O2. The monoisotopic (exact) mass is 394 g/mol. The molecule has 0 aliphatic rings. The summed E-state index contributed by atoms with van der Waals surface area (Å²) in [6.45, 7) is 1.85. The van der Waals surface area contributed by atoms with Gasteiger partial charge in [-0.3, -0.25) is 0 Å². The van der Waals surface area contributed by atoms with E-state index in [-0.39, 0.29) is 23.7 Å². The van der Waals surface area contributed by atoms with Gasteiger partial charge < -0.3 is 9.47 Å². The Balaban J connectivity index is 2.02. The van der Waals surface area contributed by atoms with E-state index in [0.717, 1.165) is 12.1 Å². The molecule has 0 spiro atoms. The zero-order valence-electron chi connectivity index (χ0n) is 14.7. The first kappa shape index (κ1) is 19.7. The lowest BCUT2D eigenvalue weighted by molar-refractivity contribution is -0.274. The van der Waals surface area contributed by atoms with Gasteiger partial charge in [-0.1, -0.05) is 36.4 Å². The van der Waals surface area contributed by atoms with Gasteiger partial charge in [0.05, 0.1) is 6.61 Å². The molecule has 7 heteroatoms. The second kappa shape index (κ2) is 7.88. The normalized spacial score (nSPS) is 11.4. The van der Waals surface area contributed by atoms with Crippen LogP contribution in [0.25, 0.3) is 22.3 Å². The highest BCUT2D eigenvalue weighted by Crippen LogP contribution is 2.37. The van der Waals surface area contributed by atoms with E-state index in [1.165, 1.54) is 24.3 Å². The molecule has 0 unspecified atom stereocenters. The average Bonchev–Trinajstić information content (AvgIpc) is 2.65. The molecule has 0 N–H and O–H groups in total. The van der Waals surface area contributed by atoms with Crippen LogP contribution in [0.4, 0.5) is 22.0 Å². The first-order chi connectivity index (χ1) is 13.3. The molecule has 0 atom stereocenters. The Morgan fingerprint density at radius 3 is 2.00 bits per heavy atom. The molecule has 0 aliphatic carbocycles. The molecule has 0 saturated carbocycles. The number of hydrogen-bond donors (Lipinski definition) is 0. The van der Waals surface area contributed by atoms with Crippen LogP contribution in [-0.4, -0.2) is 13.0 Å². The van der Waals surface area contributed by atoms with E-state index in [4.69, 9.17) is 4.74 Å². The van der Waals surface area contributed by atoms with E-state index < -0.39 is 18.0 Å². The Morgan fingerprint density at radius 2 is 1.39 bits per heavy atom. The summed E-state index contributed by atoms with van der Waals surface area (Å²) in [5.41, 5.74) is 1.47. The Labute approximate surface area is 158 Å². The molecular weight excluding hydrogens is 379 g/mol. The standard InChI is InChI=1S/C21H15F5O2/c1-2-27-18-12-11-17(19(22)20(18)23)16-6-4-3-5-15(16)13-7-9-14(10-8-13)28-21(24,25)26/h3-12H,2H2,1H3. The summed E-state index contributed by atoms with van der Waals surface area (Å²) >= 11 is 0. The Morgan fingerprint density at radius 1 is 0.750 bits per heavy atom. The van der Waals surface area contributed by atoms with Crippen LogP contribution in [0.2, 0.25) is 0 Å². The number of ether oxygens (including phenoxy) is 2. The molecule has 0 aromatic heterocycles. The Hall–Kier alpha value is -3.09. The van der Waals surface area contributed by atoms with E-state index >= 15 is 0 Å². The second-order valence-corrected chi connectivity index (χ2v) is 5.79. The largest absolute Gasteiger partial charge is 0.573 e. The SMILES string of the molecule is CCOc1ccc(-c2ccccc2-c2ccc(OC(F)(F)F)cc2)c(F)c1F. The van der Waals surface area contributed by atoms with Crippen LogP contribution in [0, 0.1) is 11.6 Å². The van der Waals surface area contributed by atoms with Gasteiger partial charge in [0, 0.05) is 5.56 Å². The van der Waals surface area contributed by atoms with Crippen LogP contribution < -0.4 is 9.47 Å². The van der Waals surface area contributed by atoms with Gasteiger partial charge in [0.25, 0.3) is 0 Å². The van der Waals surface area contributed by atoms with Gasteiger partial charge >= 0.3 is 6.36 Å². The summed E-state index contributed by atoms with van der Waals surface area (Å²) in [4.78, 5) is 0. The zero-order chi connectivity index (χ0) is 20.3. The van der Waals surface area contributed by atoms with Crippen molar-refractivity contribution in [3.05, 3.63) is 72.3 Å². The molecule has 3 rings (SSSR count). The summed E-state index contributed by atoms with van der Waals surface area (Å²) in [6, 6.07) is 14.5. The van der Waals surface area contributed by atoms with Gasteiger partial charge in [0.1, 0.15) is 5.75 Å². The first-order valence-corrected chi connectivity index (χ1v) is 8.36. The van der Waals surface area contributed by atoms with Crippen LogP contribution in [0.15, 0.2) is 60.7 Å². The molecule has 0 aliphatic heterocycles. The van der Waals surface area contributed by atoms with Crippen LogP contribution in [-0.2, 0) is 0 Å². The van der Waals surface area contributed by atoms with Gasteiger partial charge in [-0.15, -0.1) is 13.2 Å². The van der Waals surface area contributed by atoms with Crippen LogP contribution in [0.3, 0.4) is 0 Å². The molecule has 146 valence electrons. The van der Waals surface area contributed by atoms with Crippen molar-refractivity contribution in [3.63, 3.8) is 0 Å². The number of hydrogen-bond acceptors (Lipinski definition) is 2. The minimum atomic E-state index is -4.79. The number of halogens is 5. The smallest absolute Gasteiger partial charge is 0.491 e. The van der Waals surface area contributed by atoms with E-state index in [1.807, 2.05) is 0 Å². The fourth-order valence-electron chi connectivity index (χ4n) is 2.81. The first-order valence-electron chi connectivity index (χ1n) is 8.36. The van der Waals surface area contributed by atoms with Crippen molar-refractivity contribution in [1.29, 1.82) is 0 Å². The number of alkyl halides is 3. The van der Waals surface area contributed by atoms with Gasteiger partial charge in [-0.05, 0) is 47.9 Å². The third-order valence-electron chi connectivity index (χ3n) is 3.96. The van der Waals surface area contributed by atoms with Gasteiger partial charge in [-0.2, -0.15) is 4.39 Å². The van der Waals surface area contributed by atoms with Crippen molar-refractivity contribution >= 4 is 0 Å². The molecule has 0 bridgehead atoms.